The van der Waals surface area contributed by atoms with Crippen LogP contribution in [-0.4, -0.2) is 19.3 Å². The molecule has 0 amide bonds. The predicted molar refractivity (Wildman–Crippen MR) is 78.4 cm³/mol. The Kier molecular flexibility index (Phi) is 3.90. The van der Waals surface area contributed by atoms with Crippen LogP contribution in [0.3, 0.4) is 0 Å². The quantitative estimate of drug-likeness (QED) is 0.892. The van der Waals surface area contributed by atoms with Gasteiger partial charge in [-0.3, -0.25) is 0 Å². The lowest BCUT2D eigenvalue weighted by molar-refractivity contribution is 0.0801. The molecule has 0 aromatic heterocycles. The van der Waals surface area contributed by atoms with E-state index in [0.717, 1.165) is 0 Å². The summed E-state index contributed by atoms with van der Waals surface area (Å²) in [6.07, 6.45) is 6.71. The van der Waals surface area contributed by atoms with Gasteiger partial charge in [0.2, 0.25) is 0 Å². The van der Waals surface area contributed by atoms with E-state index in [9.17, 15) is 0 Å². The summed E-state index contributed by atoms with van der Waals surface area (Å²) in [6, 6.07) is 10.0. The molecule has 1 saturated carbocycles. The van der Waals surface area contributed by atoms with Gasteiger partial charge in [-0.15, -0.1) is 0 Å². The lowest BCUT2D eigenvalue weighted by Gasteiger charge is -2.33. The van der Waals surface area contributed by atoms with Gasteiger partial charge in [-0.25, -0.2) is 0 Å². The minimum absolute atomic E-state index is 0.409. The number of fused-ring (bicyclic) bond motifs is 1. The van der Waals surface area contributed by atoms with Gasteiger partial charge in [0.1, 0.15) is 0 Å². The normalized spacial score (nSPS) is 34.2. The number of rotatable bonds is 3. The number of benzene rings is 1. The number of hydrogen-bond donors (Lipinski definition) is 1. The van der Waals surface area contributed by atoms with Crippen LogP contribution in [0, 0.1) is 0 Å². The van der Waals surface area contributed by atoms with Crippen LogP contribution in [0.4, 0.5) is 0 Å². The minimum Gasteiger partial charge on any atom is -0.380 e. The summed E-state index contributed by atoms with van der Waals surface area (Å²) in [5.74, 6) is 0.705. The van der Waals surface area contributed by atoms with Crippen LogP contribution in [0.15, 0.2) is 24.3 Å². The summed E-state index contributed by atoms with van der Waals surface area (Å²) >= 11 is 0. The Bertz CT molecular complexity index is 431. The highest BCUT2D eigenvalue weighted by Gasteiger charge is 2.31. The van der Waals surface area contributed by atoms with Crippen LogP contribution in [0.2, 0.25) is 0 Å². The van der Waals surface area contributed by atoms with Crippen molar-refractivity contribution in [2.45, 2.75) is 63.1 Å². The lowest BCUT2D eigenvalue weighted by atomic mass is 9.81. The number of methoxy groups -OCH3 is 1. The Hall–Kier alpha value is -0.860. The highest BCUT2D eigenvalue weighted by Crippen LogP contribution is 2.38. The molecular weight excluding hydrogens is 234 g/mol. The number of ether oxygens (including phenoxy) is 1. The van der Waals surface area contributed by atoms with Gasteiger partial charge in [0.25, 0.3) is 0 Å². The zero-order valence-electron chi connectivity index (χ0n) is 12.1. The van der Waals surface area contributed by atoms with Crippen molar-refractivity contribution >= 4 is 0 Å². The van der Waals surface area contributed by atoms with E-state index < -0.39 is 0 Å². The van der Waals surface area contributed by atoms with Gasteiger partial charge in [-0.1, -0.05) is 31.2 Å². The van der Waals surface area contributed by atoms with E-state index in [2.05, 4.69) is 36.5 Å². The molecule has 2 nitrogen and oxygen atoms in total. The lowest BCUT2D eigenvalue weighted by Crippen LogP contribution is -2.40. The minimum atomic E-state index is 0.409. The first-order chi connectivity index (χ1) is 9.29. The molecule has 4 unspecified atom stereocenters. The molecule has 1 aromatic carbocycles. The molecule has 3 rings (SSSR count). The van der Waals surface area contributed by atoms with E-state index in [4.69, 9.17) is 4.74 Å². The smallest absolute Gasteiger partial charge is 0.0724 e. The van der Waals surface area contributed by atoms with Crippen LogP contribution in [0.5, 0.6) is 0 Å². The fourth-order valence-electron chi connectivity index (χ4n) is 3.84. The van der Waals surface area contributed by atoms with E-state index >= 15 is 0 Å². The Morgan fingerprint density at radius 3 is 2.63 bits per heavy atom. The molecule has 1 N–H and O–H groups in total. The molecule has 0 radical (unpaired) electrons. The van der Waals surface area contributed by atoms with Gasteiger partial charge in [0, 0.05) is 19.2 Å². The van der Waals surface area contributed by atoms with Crippen molar-refractivity contribution in [2.75, 3.05) is 7.11 Å². The summed E-state index contributed by atoms with van der Waals surface area (Å²) in [5.41, 5.74) is 3.06. The molecule has 1 fully saturated rings. The molecule has 2 aliphatic rings. The average Bonchev–Trinajstić information content (AvgIpc) is 2.89. The van der Waals surface area contributed by atoms with Gasteiger partial charge in [0.15, 0.2) is 0 Å². The molecule has 2 aliphatic carbocycles. The first-order valence-corrected chi connectivity index (χ1v) is 7.67. The molecule has 0 aliphatic heterocycles. The molecular formula is C17H25NO. The molecule has 1 aromatic rings. The van der Waals surface area contributed by atoms with Crippen molar-refractivity contribution in [3.8, 4) is 0 Å². The van der Waals surface area contributed by atoms with E-state index in [0.29, 0.717) is 24.1 Å². The average molecular weight is 259 g/mol. The summed E-state index contributed by atoms with van der Waals surface area (Å²) < 4.78 is 5.61. The fraction of sp³-hybridized carbons (Fsp3) is 0.647. The maximum absolute atomic E-state index is 5.61. The molecule has 0 saturated heterocycles. The maximum atomic E-state index is 5.61. The first kappa shape index (κ1) is 13.1. The molecule has 19 heavy (non-hydrogen) atoms. The Balaban J connectivity index is 1.77. The molecule has 0 spiro atoms. The van der Waals surface area contributed by atoms with Crippen molar-refractivity contribution in [2.24, 2.45) is 0 Å². The van der Waals surface area contributed by atoms with Crippen molar-refractivity contribution in [1.29, 1.82) is 0 Å². The van der Waals surface area contributed by atoms with Gasteiger partial charge in [-0.2, -0.15) is 0 Å². The second-order valence-electron chi connectivity index (χ2n) is 6.14. The van der Waals surface area contributed by atoms with E-state index in [1.54, 1.807) is 5.56 Å². The van der Waals surface area contributed by atoms with Gasteiger partial charge < -0.3 is 10.1 Å². The topological polar surface area (TPSA) is 21.3 Å². The largest absolute Gasteiger partial charge is 0.380 e. The second kappa shape index (κ2) is 5.64. The van der Waals surface area contributed by atoms with Gasteiger partial charge >= 0.3 is 0 Å². The highest BCUT2D eigenvalue weighted by atomic mass is 16.5. The van der Waals surface area contributed by atoms with Crippen LogP contribution >= 0.6 is 0 Å². The van der Waals surface area contributed by atoms with Crippen molar-refractivity contribution in [1.82, 2.24) is 5.32 Å². The van der Waals surface area contributed by atoms with Crippen molar-refractivity contribution < 1.29 is 4.74 Å². The third-order valence-corrected chi connectivity index (χ3v) is 4.96. The maximum Gasteiger partial charge on any atom is 0.0724 e. The second-order valence-corrected chi connectivity index (χ2v) is 6.14. The van der Waals surface area contributed by atoms with Crippen LogP contribution in [0.25, 0.3) is 0 Å². The van der Waals surface area contributed by atoms with Crippen molar-refractivity contribution in [3.63, 3.8) is 0 Å². The van der Waals surface area contributed by atoms with E-state index in [1.807, 2.05) is 7.11 Å². The Morgan fingerprint density at radius 2 is 1.84 bits per heavy atom. The molecule has 4 atom stereocenters. The van der Waals surface area contributed by atoms with E-state index in [-0.39, 0.29) is 0 Å². The molecule has 0 heterocycles. The third-order valence-electron chi connectivity index (χ3n) is 4.96. The van der Waals surface area contributed by atoms with Gasteiger partial charge in [-0.05, 0) is 49.1 Å². The predicted octanol–water partition coefficient (Wildman–Crippen LogP) is 3.78. The van der Waals surface area contributed by atoms with Gasteiger partial charge in [0.05, 0.1) is 6.10 Å². The Morgan fingerprint density at radius 1 is 1.05 bits per heavy atom. The summed E-state index contributed by atoms with van der Waals surface area (Å²) in [5, 5.41) is 3.87. The number of hydrogen-bond acceptors (Lipinski definition) is 2. The van der Waals surface area contributed by atoms with Crippen LogP contribution in [-0.2, 0) is 4.74 Å². The summed E-state index contributed by atoms with van der Waals surface area (Å²) in [4.78, 5) is 0. The van der Waals surface area contributed by atoms with Crippen molar-refractivity contribution in [3.05, 3.63) is 35.4 Å². The zero-order valence-corrected chi connectivity index (χ0v) is 12.1. The summed E-state index contributed by atoms with van der Waals surface area (Å²) in [6.45, 7) is 2.35. The summed E-state index contributed by atoms with van der Waals surface area (Å²) in [7, 11) is 1.85. The standard InChI is InChI=1S/C17H25NO/c1-12-10-11-15(14-7-4-3-6-13(12)14)18-16-8-5-9-17(16)19-2/h3-4,6-7,12,15-18H,5,8-11H2,1-2H3. The monoisotopic (exact) mass is 259 g/mol. The zero-order chi connectivity index (χ0) is 13.2. The SMILES string of the molecule is COC1CCCC1NC1CCC(C)c2ccccc21. The van der Waals surface area contributed by atoms with Crippen LogP contribution < -0.4 is 5.32 Å². The fourth-order valence-corrected chi connectivity index (χ4v) is 3.84. The Labute approximate surface area is 116 Å². The van der Waals surface area contributed by atoms with Crippen LogP contribution in [0.1, 0.15) is 62.1 Å². The third kappa shape index (κ3) is 2.56. The molecule has 0 bridgehead atoms. The first-order valence-electron chi connectivity index (χ1n) is 7.67. The van der Waals surface area contributed by atoms with E-state index in [1.165, 1.54) is 37.7 Å². The number of nitrogens with one attached hydrogen (secondary N) is 1. The molecule has 2 heteroatoms. The molecule has 104 valence electrons. The highest BCUT2D eigenvalue weighted by molar-refractivity contribution is 5.35.